The van der Waals surface area contributed by atoms with Crippen molar-refractivity contribution < 1.29 is 13.9 Å². The Bertz CT molecular complexity index is 820. The Kier molecular flexibility index (Phi) is 9.53. The minimum absolute atomic E-state index is 0.0162. The van der Waals surface area contributed by atoms with Gasteiger partial charge >= 0.3 is 5.97 Å². The number of nitrogens with zero attached hydrogens (tertiary/aromatic N) is 1. The first-order chi connectivity index (χ1) is 15.6. The summed E-state index contributed by atoms with van der Waals surface area (Å²) < 4.78 is 18.6. The van der Waals surface area contributed by atoms with Gasteiger partial charge in [-0.1, -0.05) is 43.3 Å². The van der Waals surface area contributed by atoms with Crippen LogP contribution in [-0.2, 0) is 16.0 Å². The zero-order valence-electron chi connectivity index (χ0n) is 19.3. The molecule has 3 rings (SSSR count). The second-order valence-electron chi connectivity index (χ2n) is 9.36. The van der Waals surface area contributed by atoms with Gasteiger partial charge in [0.1, 0.15) is 12.2 Å². The lowest BCUT2D eigenvalue weighted by molar-refractivity contribution is -0.157. The van der Waals surface area contributed by atoms with Crippen LogP contribution < -0.4 is 0 Å². The summed E-state index contributed by atoms with van der Waals surface area (Å²) in [4.78, 5) is 12.7. The second-order valence-corrected chi connectivity index (χ2v) is 9.36. The highest BCUT2D eigenvalue weighted by Gasteiger charge is 2.31. The SMILES string of the molecule is CCc1ccc([C@H]2CC[C@H](C(=O)OC3CCC(CC/C=C/C=C(F)C#N)CC3)CC2)cc1. The van der Waals surface area contributed by atoms with Gasteiger partial charge in [0.05, 0.1) is 5.92 Å². The predicted octanol–water partition coefficient (Wildman–Crippen LogP) is 7.34. The molecule has 0 radical (unpaired) electrons. The highest BCUT2D eigenvalue weighted by molar-refractivity contribution is 5.72. The molecule has 2 aliphatic rings. The number of aryl methyl sites for hydroxylation is 1. The summed E-state index contributed by atoms with van der Waals surface area (Å²) in [5.74, 6) is 0.520. The Labute approximate surface area is 192 Å². The van der Waals surface area contributed by atoms with Crippen LogP contribution >= 0.6 is 0 Å². The van der Waals surface area contributed by atoms with E-state index >= 15 is 0 Å². The Morgan fingerprint density at radius 3 is 2.41 bits per heavy atom. The maximum Gasteiger partial charge on any atom is 0.309 e. The average Bonchev–Trinajstić information content (AvgIpc) is 2.84. The predicted molar refractivity (Wildman–Crippen MR) is 126 cm³/mol. The van der Waals surface area contributed by atoms with Gasteiger partial charge in [0.25, 0.3) is 0 Å². The molecule has 0 bridgehead atoms. The van der Waals surface area contributed by atoms with E-state index in [-0.39, 0.29) is 18.0 Å². The third-order valence-corrected chi connectivity index (χ3v) is 7.22. The van der Waals surface area contributed by atoms with Gasteiger partial charge in [0.15, 0.2) is 5.83 Å². The highest BCUT2D eigenvalue weighted by Crippen LogP contribution is 2.37. The summed E-state index contributed by atoms with van der Waals surface area (Å²) >= 11 is 0. The van der Waals surface area contributed by atoms with Crippen molar-refractivity contribution in [2.45, 2.75) is 89.6 Å². The summed E-state index contributed by atoms with van der Waals surface area (Å²) in [6, 6.07) is 10.4. The van der Waals surface area contributed by atoms with E-state index in [0.717, 1.165) is 70.6 Å². The standard InChI is InChI=1S/C28H36FNO2/c1-2-21-8-12-23(13-9-21)24-14-16-25(17-15-24)28(31)32-27-18-10-22(11-19-27)6-4-3-5-7-26(29)20-30/h3,5,7-9,12-13,22,24-25,27H,2,4,6,10-11,14-19H2,1H3/b5-3+,26-7?/t22?,24-,25-,27?. The fourth-order valence-electron chi connectivity index (χ4n) is 5.10. The monoisotopic (exact) mass is 437 g/mol. The molecule has 4 heteroatoms. The number of ether oxygens (including phenoxy) is 1. The molecule has 0 unspecified atom stereocenters. The molecule has 0 spiro atoms. The van der Waals surface area contributed by atoms with Crippen molar-refractivity contribution in [2.75, 3.05) is 0 Å². The van der Waals surface area contributed by atoms with Gasteiger partial charge in [0, 0.05) is 0 Å². The number of rotatable bonds is 8. The number of hydrogen-bond donors (Lipinski definition) is 0. The highest BCUT2D eigenvalue weighted by atomic mass is 19.1. The first kappa shape index (κ1) is 24.2. The van der Waals surface area contributed by atoms with Gasteiger partial charge in [-0.15, -0.1) is 0 Å². The fraction of sp³-hybridized carbons (Fsp3) is 0.571. The Hall–Kier alpha value is -2.41. The minimum atomic E-state index is -0.761. The quantitative estimate of drug-likeness (QED) is 0.243. The molecule has 0 amide bonds. The molecule has 3 nitrogen and oxygen atoms in total. The maximum atomic E-state index is 12.7. The lowest BCUT2D eigenvalue weighted by Gasteiger charge is -2.31. The fourth-order valence-corrected chi connectivity index (χ4v) is 5.10. The van der Waals surface area contributed by atoms with Crippen LogP contribution in [0.5, 0.6) is 0 Å². The second kappa shape index (κ2) is 12.6. The van der Waals surface area contributed by atoms with Gasteiger partial charge in [-0.05, 0) is 99.7 Å². The van der Waals surface area contributed by atoms with Crippen LogP contribution in [0, 0.1) is 23.2 Å². The van der Waals surface area contributed by atoms with Crippen LogP contribution in [0.25, 0.3) is 0 Å². The summed E-state index contributed by atoms with van der Waals surface area (Å²) in [6.07, 6.45) is 15.9. The molecule has 2 fully saturated rings. The molecule has 32 heavy (non-hydrogen) atoms. The van der Waals surface area contributed by atoms with E-state index in [1.165, 1.54) is 23.3 Å². The van der Waals surface area contributed by atoms with Crippen LogP contribution in [0.4, 0.5) is 4.39 Å². The molecule has 2 aliphatic carbocycles. The van der Waals surface area contributed by atoms with Crippen LogP contribution in [0.2, 0.25) is 0 Å². The van der Waals surface area contributed by atoms with Crippen molar-refractivity contribution in [3.05, 3.63) is 59.4 Å². The maximum absolute atomic E-state index is 12.7. The summed E-state index contributed by atoms with van der Waals surface area (Å²) in [5.41, 5.74) is 2.79. The van der Waals surface area contributed by atoms with E-state index in [9.17, 15) is 9.18 Å². The molecule has 0 saturated heterocycles. The van der Waals surface area contributed by atoms with Crippen LogP contribution in [0.3, 0.4) is 0 Å². The van der Waals surface area contributed by atoms with E-state index < -0.39 is 5.83 Å². The Balaban J connectivity index is 1.33. The number of carbonyl (C=O) groups excluding carboxylic acids is 1. The smallest absolute Gasteiger partial charge is 0.309 e. The zero-order chi connectivity index (χ0) is 22.8. The van der Waals surface area contributed by atoms with Crippen molar-refractivity contribution in [3.8, 4) is 6.07 Å². The van der Waals surface area contributed by atoms with Crippen molar-refractivity contribution in [1.82, 2.24) is 0 Å². The topological polar surface area (TPSA) is 50.1 Å². The number of allylic oxidation sites excluding steroid dienone is 4. The lowest BCUT2D eigenvalue weighted by atomic mass is 9.78. The van der Waals surface area contributed by atoms with E-state index in [2.05, 4.69) is 31.2 Å². The first-order valence-electron chi connectivity index (χ1n) is 12.3. The summed E-state index contributed by atoms with van der Waals surface area (Å²) in [5, 5.41) is 8.38. The Morgan fingerprint density at radius 2 is 1.78 bits per heavy atom. The van der Waals surface area contributed by atoms with Crippen molar-refractivity contribution in [1.29, 1.82) is 5.26 Å². The van der Waals surface area contributed by atoms with Crippen LogP contribution in [-0.4, -0.2) is 12.1 Å². The van der Waals surface area contributed by atoms with E-state index in [1.54, 1.807) is 6.08 Å². The number of carbonyl (C=O) groups is 1. The molecule has 1 aromatic carbocycles. The molecule has 0 aromatic heterocycles. The summed E-state index contributed by atoms with van der Waals surface area (Å²) in [6.45, 7) is 2.18. The molecule has 0 N–H and O–H groups in total. The van der Waals surface area contributed by atoms with E-state index in [1.807, 2.05) is 6.08 Å². The van der Waals surface area contributed by atoms with Crippen molar-refractivity contribution in [3.63, 3.8) is 0 Å². The zero-order valence-corrected chi connectivity index (χ0v) is 19.3. The number of nitriles is 1. The molecule has 0 heterocycles. The molecule has 172 valence electrons. The largest absolute Gasteiger partial charge is 0.462 e. The van der Waals surface area contributed by atoms with Gasteiger partial charge in [-0.3, -0.25) is 4.79 Å². The average molecular weight is 438 g/mol. The van der Waals surface area contributed by atoms with Crippen LogP contribution in [0.15, 0.2) is 48.3 Å². The van der Waals surface area contributed by atoms with Crippen molar-refractivity contribution >= 4 is 5.97 Å². The Morgan fingerprint density at radius 1 is 1.09 bits per heavy atom. The summed E-state index contributed by atoms with van der Waals surface area (Å²) in [7, 11) is 0. The molecule has 2 saturated carbocycles. The number of hydrogen-bond acceptors (Lipinski definition) is 3. The normalized spacial score (nSPS) is 26.6. The third-order valence-electron chi connectivity index (χ3n) is 7.22. The van der Waals surface area contributed by atoms with Crippen molar-refractivity contribution in [2.24, 2.45) is 11.8 Å². The van der Waals surface area contributed by atoms with Crippen LogP contribution in [0.1, 0.15) is 88.2 Å². The number of benzene rings is 1. The lowest BCUT2D eigenvalue weighted by Crippen LogP contribution is -2.29. The molecule has 1 aromatic rings. The molecule has 0 atom stereocenters. The van der Waals surface area contributed by atoms with Gasteiger partial charge in [-0.25, -0.2) is 0 Å². The molecule has 0 aliphatic heterocycles. The van der Waals surface area contributed by atoms with Gasteiger partial charge in [0.2, 0.25) is 0 Å². The van der Waals surface area contributed by atoms with E-state index in [0.29, 0.717) is 11.8 Å². The third kappa shape index (κ3) is 7.33. The number of halogens is 1. The first-order valence-corrected chi connectivity index (χ1v) is 12.3. The molecular formula is C28H36FNO2. The molecular weight excluding hydrogens is 401 g/mol. The van der Waals surface area contributed by atoms with Gasteiger partial charge in [-0.2, -0.15) is 9.65 Å². The van der Waals surface area contributed by atoms with E-state index in [4.69, 9.17) is 10.00 Å². The number of esters is 1. The van der Waals surface area contributed by atoms with Gasteiger partial charge < -0.3 is 4.74 Å². The minimum Gasteiger partial charge on any atom is -0.462 e.